The minimum Gasteiger partial charge on any atom is -0.496 e. The van der Waals surface area contributed by atoms with Crippen molar-refractivity contribution in [2.45, 2.75) is 12.8 Å². The summed E-state index contributed by atoms with van der Waals surface area (Å²) < 4.78 is 10.8. The molecule has 1 N–H and O–H groups in total. The van der Waals surface area contributed by atoms with Crippen LogP contribution in [0.2, 0.25) is 0 Å². The molecular weight excluding hydrogens is 216 g/mol. The molecule has 0 saturated heterocycles. The van der Waals surface area contributed by atoms with Gasteiger partial charge < -0.3 is 14.5 Å². The van der Waals surface area contributed by atoms with Crippen LogP contribution in [0.15, 0.2) is 34.9 Å². The average Bonchev–Trinajstić information content (AvgIpc) is 2.84. The molecule has 1 heterocycles. The Labute approximate surface area is 101 Å². The van der Waals surface area contributed by atoms with E-state index in [-0.39, 0.29) is 0 Å². The topological polar surface area (TPSA) is 47.3 Å². The molecule has 0 fully saturated rings. The lowest BCUT2D eigenvalue weighted by molar-refractivity contribution is 0.408. The molecule has 17 heavy (non-hydrogen) atoms. The number of nitrogens with one attached hydrogen (secondary N) is 1. The number of ether oxygens (including phenoxy) is 1. The minimum absolute atomic E-state index is 0.556. The van der Waals surface area contributed by atoms with E-state index in [0.717, 1.165) is 24.4 Å². The van der Waals surface area contributed by atoms with Gasteiger partial charge in [-0.2, -0.15) is 0 Å². The van der Waals surface area contributed by atoms with E-state index in [1.807, 2.05) is 18.2 Å². The summed E-state index contributed by atoms with van der Waals surface area (Å²) in [6.07, 6.45) is 3.44. The molecule has 2 rings (SSSR count). The van der Waals surface area contributed by atoms with Gasteiger partial charge in [-0.3, -0.25) is 0 Å². The maximum atomic E-state index is 5.46. The van der Waals surface area contributed by atoms with Gasteiger partial charge in [0.2, 0.25) is 0 Å². The van der Waals surface area contributed by atoms with Crippen LogP contribution in [-0.4, -0.2) is 19.1 Å². The Kier molecular flexibility index (Phi) is 3.65. The SMILES string of the molecule is CNc1ncc(CCc2ccccc2OC)o1. The summed E-state index contributed by atoms with van der Waals surface area (Å²) in [4.78, 5) is 4.08. The number of aromatic nitrogens is 1. The summed E-state index contributed by atoms with van der Waals surface area (Å²) in [5, 5.41) is 2.87. The van der Waals surface area contributed by atoms with Crippen molar-refractivity contribution in [3.05, 3.63) is 41.8 Å². The van der Waals surface area contributed by atoms with Crippen LogP contribution in [0.25, 0.3) is 0 Å². The second kappa shape index (κ2) is 5.39. The van der Waals surface area contributed by atoms with Crippen LogP contribution in [0, 0.1) is 0 Å². The highest BCUT2D eigenvalue weighted by Gasteiger charge is 2.05. The molecule has 1 aromatic carbocycles. The molecule has 0 bridgehead atoms. The third kappa shape index (κ3) is 2.78. The lowest BCUT2D eigenvalue weighted by Gasteiger charge is -2.06. The summed E-state index contributed by atoms with van der Waals surface area (Å²) in [6, 6.07) is 8.57. The van der Waals surface area contributed by atoms with Gasteiger partial charge in [0.1, 0.15) is 11.5 Å². The van der Waals surface area contributed by atoms with Gasteiger partial charge in [0.25, 0.3) is 6.01 Å². The number of rotatable bonds is 5. The molecule has 0 radical (unpaired) electrons. The third-order valence-corrected chi connectivity index (χ3v) is 2.60. The summed E-state index contributed by atoms with van der Waals surface area (Å²) in [5.74, 6) is 1.79. The Balaban J connectivity index is 2.01. The largest absolute Gasteiger partial charge is 0.496 e. The lowest BCUT2D eigenvalue weighted by Crippen LogP contribution is -1.94. The molecule has 2 aromatic rings. The monoisotopic (exact) mass is 232 g/mol. The molecule has 4 nitrogen and oxygen atoms in total. The molecule has 4 heteroatoms. The van der Waals surface area contributed by atoms with E-state index in [1.165, 1.54) is 5.56 Å². The quantitative estimate of drug-likeness (QED) is 0.860. The van der Waals surface area contributed by atoms with Gasteiger partial charge in [-0.05, 0) is 18.1 Å². The number of para-hydroxylation sites is 1. The van der Waals surface area contributed by atoms with E-state index in [0.29, 0.717) is 6.01 Å². The van der Waals surface area contributed by atoms with Crippen molar-refractivity contribution in [1.29, 1.82) is 0 Å². The number of aryl methyl sites for hydroxylation is 2. The van der Waals surface area contributed by atoms with Gasteiger partial charge in [-0.25, -0.2) is 4.98 Å². The zero-order valence-electron chi connectivity index (χ0n) is 10.1. The van der Waals surface area contributed by atoms with Crippen LogP contribution in [0.1, 0.15) is 11.3 Å². The van der Waals surface area contributed by atoms with Crippen LogP contribution in [0.5, 0.6) is 5.75 Å². The van der Waals surface area contributed by atoms with Crippen LogP contribution >= 0.6 is 0 Å². The number of benzene rings is 1. The van der Waals surface area contributed by atoms with Crippen LogP contribution in [0.4, 0.5) is 6.01 Å². The zero-order chi connectivity index (χ0) is 12.1. The second-order valence-electron chi connectivity index (χ2n) is 3.69. The summed E-state index contributed by atoms with van der Waals surface area (Å²) >= 11 is 0. The number of hydrogen-bond acceptors (Lipinski definition) is 4. The molecule has 0 aliphatic heterocycles. The minimum atomic E-state index is 0.556. The Morgan fingerprint density at radius 2 is 2.12 bits per heavy atom. The van der Waals surface area contributed by atoms with Crippen LogP contribution in [0.3, 0.4) is 0 Å². The fourth-order valence-electron chi connectivity index (χ4n) is 1.71. The van der Waals surface area contributed by atoms with E-state index in [9.17, 15) is 0 Å². The van der Waals surface area contributed by atoms with Crippen molar-refractivity contribution in [2.24, 2.45) is 0 Å². The highest BCUT2D eigenvalue weighted by atomic mass is 16.5. The van der Waals surface area contributed by atoms with Gasteiger partial charge in [0, 0.05) is 13.5 Å². The fraction of sp³-hybridized carbons (Fsp3) is 0.308. The molecule has 0 aliphatic rings. The zero-order valence-corrected chi connectivity index (χ0v) is 10.1. The van der Waals surface area contributed by atoms with Gasteiger partial charge in [0.15, 0.2) is 0 Å². The van der Waals surface area contributed by atoms with Crippen molar-refractivity contribution in [3.63, 3.8) is 0 Å². The number of hydrogen-bond donors (Lipinski definition) is 1. The fourth-order valence-corrected chi connectivity index (χ4v) is 1.71. The van der Waals surface area contributed by atoms with E-state index in [1.54, 1.807) is 20.4 Å². The molecule has 0 atom stereocenters. The van der Waals surface area contributed by atoms with E-state index in [2.05, 4.69) is 16.4 Å². The number of methoxy groups -OCH3 is 1. The normalized spacial score (nSPS) is 10.2. The van der Waals surface area contributed by atoms with Crippen LogP contribution < -0.4 is 10.1 Å². The molecule has 0 spiro atoms. The third-order valence-electron chi connectivity index (χ3n) is 2.60. The van der Waals surface area contributed by atoms with E-state index in [4.69, 9.17) is 9.15 Å². The van der Waals surface area contributed by atoms with Gasteiger partial charge >= 0.3 is 0 Å². The first-order chi connectivity index (χ1) is 8.33. The predicted octanol–water partition coefficient (Wildman–Crippen LogP) is 2.51. The Bertz CT molecular complexity index is 480. The van der Waals surface area contributed by atoms with Gasteiger partial charge in [-0.15, -0.1) is 0 Å². The molecular formula is C13H16N2O2. The molecule has 0 aliphatic carbocycles. The Morgan fingerprint density at radius 3 is 2.82 bits per heavy atom. The van der Waals surface area contributed by atoms with Crippen LogP contribution in [-0.2, 0) is 12.8 Å². The van der Waals surface area contributed by atoms with Crippen molar-refractivity contribution in [3.8, 4) is 5.75 Å². The smallest absolute Gasteiger partial charge is 0.294 e. The van der Waals surface area contributed by atoms with Crippen molar-refractivity contribution in [1.82, 2.24) is 4.98 Å². The summed E-state index contributed by atoms with van der Waals surface area (Å²) in [5.41, 5.74) is 1.18. The highest BCUT2D eigenvalue weighted by Crippen LogP contribution is 2.20. The van der Waals surface area contributed by atoms with E-state index >= 15 is 0 Å². The molecule has 0 saturated carbocycles. The number of anilines is 1. The first kappa shape index (κ1) is 11.5. The van der Waals surface area contributed by atoms with Gasteiger partial charge in [0.05, 0.1) is 13.3 Å². The first-order valence-electron chi connectivity index (χ1n) is 5.58. The van der Waals surface area contributed by atoms with Gasteiger partial charge in [-0.1, -0.05) is 18.2 Å². The predicted molar refractivity (Wildman–Crippen MR) is 66.5 cm³/mol. The average molecular weight is 232 g/mol. The molecule has 0 unspecified atom stereocenters. The van der Waals surface area contributed by atoms with Crippen molar-refractivity contribution >= 4 is 6.01 Å². The number of oxazole rings is 1. The number of nitrogens with zero attached hydrogens (tertiary/aromatic N) is 1. The molecule has 0 amide bonds. The lowest BCUT2D eigenvalue weighted by atomic mass is 10.1. The standard InChI is InChI=1S/C13H16N2O2/c1-14-13-15-9-11(17-13)8-7-10-5-3-4-6-12(10)16-2/h3-6,9H,7-8H2,1-2H3,(H,14,15). The second-order valence-corrected chi connectivity index (χ2v) is 3.69. The maximum Gasteiger partial charge on any atom is 0.294 e. The van der Waals surface area contributed by atoms with Crippen molar-refractivity contribution < 1.29 is 9.15 Å². The highest BCUT2D eigenvalue weighted by molar-refractivity contribution is 5.33. The Hall–Kier alpha value is -1.97. The maximum absolute atomic E-state index is 5.46. The summed E-state index contributed by atoms with van der Waals surface area (Å²) in [7, 11) is 3.47. The molecule has 90 valence electrons. The van der Waals surface area contributed by atoms with Crippen molar-refractivity contribution in [2.75, 3.05) is 19.5 Å². The molecule has 1 aromatic heterocycles. The van der Waals surface area contributed by atoms with E-state index < -0.39 is 0 Å². The first-order valence-corrected chi connectivity index (χ1v) is 5.58. The Morgan fingerprint density at radius 1 is 1.29 bits per heavy atom. The summed E-state index contributed by atoms with van der Waals surface area (Å²) in [6.45, 7) is 0.